The van der Waals surface area contributed by atoms with Crippen LogP contribution in [0.3, 0.4) is 0 Å². The van der Waals surface area contributed by atoms with Crippen LogP contribution in [0.2, 0.25) is 5.02 Å². The number of nitrogens with zero attached hydrogens (tertiary/aromatic N) is 1. The maximum Gasteiger partial charge on any atom is 0.326 e. The van der Waals surface area contributed by atoms with Gasteiger partial charge in [0.2, 0.25) is 5.91 Å². The van der Waals surface area contributed by atoms with E-state index in [1.807, 2.05) is 0 Å². The molecule has 0 aliphatic rings. The van der Waals surface area contributed by atoms with Gasteiger partial charge in [-0.25, -0.2) is 4.79 Å². The van der Waals surface area contributed by atoms with E-state index < -0.39 is 17.9 Å². The van der Waals surface area contributed by atoms with Gasteiger partial charge in [0, 0.05) is 21.7 Å². The first-order chi connectivity index (χ1) is 16.8. The SMILES string of the molecule is CCCCCCC(NC(=O)Cc1c(C)n(C(=O)c2ccc(Cl)cc2)c2ccc(OC)cc12)C(=O)O. The fraction of sp³-hybridized carbons (Fsp3) is 0.370. The van der Waals surface area contributed by atoms with E-state index in [9.17, 15) is 19.5 Å². The number of halogens is 1. The molecule has 3 aromatic rings. The molecular weight excluding hydrogens is 468 g/mol. The average molecular weight is 499 g/mol. The molecular formula is C27H31ClN2O5. The molecule has 1 unspecified atom stereocenters. The highest BCUT2D eigenvalue weighted by Crippen LogP contribution is 2.31. The summed E-state index contributed by atoms with van der Waals surface area (Å²) in [7, 11) is 1.55. The number of rotatable bonds is 11. The molecule has 3 rings (SSSR count). The smallest absolute Gasteiger partial charge is 0.326 e. The van der Waals surface area contributed by atoms with Crippen molar-refractivity contribution in [2.75, 3.05) is 7.11 Å². The molecule has 0 fully saturated rings. The van der Waals surface area contributed by atoms with Crippen LogP contribution in [-0.2, 0) is 16.0 Å². The van der Waals surface area contributed by atoms with Gasteiger partial charge in [-0.05, 0) is 61.4 Å². The van der Waals surface area contributed by atoms with Crippen LogP contribution < -0.4 is 10.1 Å². The molecule has 8 heteroatoms. The monoisotopic (exact) mass is 498 g/mol. The number of unbranched alkanes of at least 4 members (excludes halogenated alkanes) is 3. The van der Waals surface area contributed by atoms with Crippen LogP contribution in [-0.4, -0.2) is 40.6 Å². The Morgan fingerprint density at radius 3 is 2.43 bits per heavy atom. The van der Waals surface area contributed by atoms with E-state index in [4.69, 9.17) is 16.3 Å². The third-order valence-electron chi connectivity index (χ3n) is 6.15. The number of carboxylic acid groups (broad SMARTS) is 1. The summed E-state index contributed by atoms with van der Waals surface area (Å²) < 4.78 is 6.93. The third-order valence-corrected chi connectivity index (χ3v) is 6.41. The van der Waals surface area contributed by atoms with E-state index in [2.05, 4.69) is 12.2 Å². The number of ether oxygens (including phenoxy) is 1. The number of hydrogen-bond acceptors (Lipinski definition) is 4. The van der Waals surface area contributed by atoms with Crippen molar-refractivity contribution in [2.24, 2.45) is 0 Å². The quantitative estimate of drug-likeness (QED) is 0.346. The first-order valence-electron chi connectivity index (χ1n) is 11.8. The van der Waals surface area contributed by atoms with Gasteiger partial charge in [0.15, 0.2) is 0 Å². The lowest BCUT2D eigenvalue weighted by Gasteiger charge is -2.15. The number of benzene rings is 2. The van der Waals surface area contributed by atoms with Gasteiger partial charge in [-0.2, -0.15) is 0 Å². The van der Waals surface area contributed by atoms with Crippen molar-refractivity contribution < 1.29 is 24.2 Å². The number of carboxylic acids is 1. The van der Waals surface area contributed by atoms with Crippen molar-refractivity contribution in [3.63, 3.8) is 0 Å². The summed E-state index contributed by atoms with van der Waals surface area (Å²) in [6.07, 6.45) is 4.06. The van der Waals surface area contributed by atoms with Crippen molar-refractivity contribution >= 4 is 40.3 Å². The Hall–Kier alpha value is -3.32. The van der Waals surface area contributed by atoms with Gasteiger partial charge < -0.3 is 15.2 Å². The van der Waals surface area contributed by atoms with Gasteiger partial charge in [-0.1, -0.05) is 44.2 Å². The van der Waals surface area contributed by atoms with Crippen molar-refractivity contribution in [1.29, 1.82) is 0 Å². The van der Waals surface area contributed by atoms with Crippen LogP contribution >= 0.6 is 11.6 Å². The molecule has 1 atom stereocenters. The van der Waals surface area contributed by atoms with Crippen molar-refractivity contribution in [3.8, 4) is 5.75 Å². The van der Waals surface area contributed by atoms with Crippen LogP contribution in [0.4, 0.5) is 0 Å². The van der Waals surface area contributed by atoms with E-state index in [1.165, 1.54) is 0 Å². The number of amides is 1. The summed E-state index contributed by atoms with van der Waals surface area (Å²) >= 11 is 5.98. The number of methoxy groups -OCH3 is 1. The normalized spacial score (nSPS) is 11.9. The maximum absolute atomic E-state index is 13.4. The molecule has 1 heterocycles. The number of hydrogen-bond donors (Lipinski definition) is 2. The van der Waals surface area contributed by atoms with Crippen molar-refractivity contribution in [3.05, 3.63) is 64.3 Å². The molecule has 0 saturated carbocycles. The van der Waals surface area contributed by atoms with Gasteiger partial charge in [0.1, 0.15) is 11.8 Å². The number of carbonyl (C=O) groups excluding carboxylic acids is 2. The minimum absolute atomic E-state index is 0.0604. The zero-order chi connectivity index (χ0) is 25.5. The Kier molecular flexibility index (Phi) is 8.93. The highest BCUT2D eigenvalue weighted by molar-refractivity contribution is 6.30. The molecule has 1 amide bonds. The number of nitrogens with one attached hydrogen (secondary N) is 1. The second kappa shape index (κ2) is 11.9. The highest BCUT2D eigenvalue weighted by Gasteiger charge is 2.24. The molecule has 0 radical (unpaired) electrons. The summed E-state index contributed by atoms with van der Waals surface area (Å²) in [6.45, 7) is 3.87. The molecule has 1 aromatic heterocycles. The number of carbonyl (C=O) groups is 3. The second-order valence-corrected chi connectivity index (χ2v) is 9.02. The van der Waals surface area contributed by atoms with E-state index >= 15 is 0 Å². The molecule has 7 nitrogen and oxygen atoms in total. The van der Waals surface area contributed by atoms with E-state index in [0.29, 0.717) is 44.9 Å². The minimum atomic E-state index is -1.05. The fourth-order valence-electron chi connectivity index (χ4n) is 4.23. The molecule has 0 aliphatic carbocycles. The zero-order valence-corrected chi connectivity index (χ0v) is 21.0. The number of aliphatic carboxylic acids is 1. The van der Waals surface area contributed by atoms with Gasteiger partial charge in [-0.15, -0.1) is 0 Å². The summed E-state index contributed by atoms with van der Waals surface area (Å²) in [5, 5.41) is 13.5. The zero-order valence-electron chi connectivity index (χ0n) is 20.3. The van der Waals surface area contributed by atoms with E-state index in [-0.39, 0.29) is 12.3 Å². The van der Waals surface area contributed by atoms with Crippen LogP contribution in [0.15, 0.2) is 42.5 Å². The molecule has 186 valence electrons. The molecule has 2 N–H and O–H groups in total. The highest BCUT2D eigenvalue weighted by atomic mass is 35.5. The molecule has 2 aromatic carbocycles. The molecule has 0 bridgehead atoms. The lowest BCUT2D eigenvalue weighted by atomic mass is 10.0. The summed E-state index contributed by atoms with van der Waals surface area (Å²) in [5.74, 6) is -1.11. The lowest BCUT2D eigenvalue weighted by Crippen LogP contribution is -2.41. The van der Waals surface area contributed by atoms with Gasteiger partial charge in [0.25, 0.3) is 5.91 Å². The van der Waals surface area contributed by atoms with Crippen molar-refractivity contribution in [2.45, 2.75) is 58.4 Å². The Bertz CT molecular complexity index is 1220. The van der Waals surface area contributed by atoms with Gasteiger partial charge >= 0.3 is 5.97 Å². The Morgan fingerprint density at radius 1 is 1.09 bits per heavy atom. The first-order valence-corrected chi connectivity index (χ1v) is 12.1. The topological polar surface area (TPSA) is 97.6 Å². The molecule has 0 spiro atoms. The van der Waals surface area contributed by atoms with E-state index in [1.54, 1.807) is 61.1 Å². The first kappa shape index (κ1) is 26.3. The molecule has 0 aliphatic heterocycles. The Morgan fingerprint density at radius 2 is 1.80 bits per heavy atom. The van der Waals surface area contributed by atoms with E-state index in [0.717, 1.165) is 25.7 Å². The van der Waals surface area contributed by atoms with Crippen LogP contribution in [0.1, 0.15) is 60.6 Å². The predicted molar refractivity (Wildman–Crippen MR) is 136 cm³/mol. The number of aromatic nitrogens is 1. The second-order valence-electron chi connectivity index (χ2n) is 8.58. The Labute approximate surface area is 210 Å². The van der Waals surface area contributed by atoms with Crippen LogP contribution in [0.25, 0.3) is 10.9 Å². The van der Waals surface area contributed by atoms with Gasteiger partial charge in [0.05, 0.1) is 19.0 Å². The largest absolute Gasteiger partial charge is 0.497 e. The number of fused-ring (bicyclic) bond motifs is 1. The Balaban J connectivity index is 1.93. The van der Waals surface area contributed by atoms with Crippen molar-refractivity contribution in [1.82, 2.24) is 9.88 Å². The molecule has 0 saturated heterocycles. The third kappa shape index (κ3) is 6.22. The summed E-state index contributed by atoms with van der Waals surface area (Å²) in [6, 6.07) is 11.0. The molecule has 35 heavy (non-hydrogen) atoms. The van der Waals surface area contributed by atoms with Crippen LogP contribution in [0, 0.1) is 6.92 Å². The average Bonchev–Trinajstić information content (AvgIpc) is 3.11. The maximum atomic E-state index is 13.4. The summed E-state index contributed by atoms with van der Waals surface area (Å²) in [4.78, 5) is 38.0. The predicted octanol–water partition coefficient (Wildman–Crippen LogP) is 5.38. The minimum Gasteiger partial charge on any atom is -0.497 e. The fourth-order valence-corrected chi connectivity index (χ4v) is 4.36. The van der Waals surface area contributed by atoms with Crippen LogP contribution in [0.5, 0.6) is 5.75 Å². The summed E-state index contributed by atoms with van der Waals surface area (Å²) in [5.41, 5.74) is 2.35. The standard InChI is InChI=1S/C27H31ClN2O5/c1-4-5-6-7-8-23(27(33)34)29-25(31)16-21-17(2)30(24-14-13-20(35-3)15-22(21)24)26(32)18-9-11-19(28)12-10-18/h9-15,23H,4-8,16H2,1-3H3,(H,29,31)(H,33,34). The lowest BCUT2D eigenvalue weighted by molar-refractivity contribution is -0.142. The van der Waals surface area contributed by atoms with Gasteiger partial charge in [-0.3, -0.25) is 14.2 Å².